The second-order valence-electron chi connectivity index (χ2n) is 6.02. The number of thioether (sulfide) groups is 1. The fourth-order valence-corrected chi connectivity index (χ4v) is 3.34. The van der Waals surface area contributed by atoms with Crippen LogP contribution in [0.4, 0.5) is 5.69 Å². The number of para-hydroxylation sites is 1. The van der Waals surface area contributed by atoms with Gasteiger partial charge in [0.25, 0.3) is 11.5 Å². The first-order valence-corrected chi connectivity index (χ1v) is 9.65. The van der Waals surface area contributed by atoms with Crippen LogP contribution in [0.1, 0.15) is 21.6 Å². The molecule has 0 aliphatic carbocycles. The van der Waals surface area contributed by atoms with Crippen molar-refractivity contribution in [3.05, 3.63) is 81.8 Å². The van der Waals surface area contributed by atoms with Gasteiger partial charge in [0, 0.05) is 18.4 Å². The van der Waals surface area contributed by atoms with Gasteiger partial charge in [0.15, 0.2) is 0 Å². The highest BCUT2D eigenvalue weighted by Crippen LogP contribution is 2.16. The van der Waals surface area contributed by atoms with E-state index in [9.17, 15) is 9.59 Å². The van der Waals surface area contributed by atoms with E-state index in [1.54, 1.807) is 40.3 Å². The maximum atomic E-state index is 12.8. The molecule has 0 spiro atoms. The van der Waals surface area contributed by atoms with Gasteiger partial charge in [-0.1, -0.05) is 30.3 Å². The van der Waals surface area contributed by atoms with E-state index in [0.29, 0.717) is 16.9 Å². The summed E-state index contributed by atoms with van der Waals surface area (Å²) in [5.74, 6) is 0.619. The number of rotatable bonds is 5. The van der Waals surface area contributed by atoms with Crippen LogP contribution >= 0.6 is 11.8 Å². The van der Waals surface area contributed by atoms with E-state index in [0.717, 1.165) is 17.0 Å². The van der Waals surface area contributed by atoms with Crippen molar-refractivity contribution < 1.29 is 4.79 Å². The molecule has 0 bridgehead atoms. The van der Waals surface area contributed by atoms with Crippen LogP contribution in [-0.4, -0.2) is 21.5 Å². The molecule has 3 rings (SSSR count). The zero-order valence-corrected chi connectivity index (χ0v) is 15.8. The fourth-order valence-electron chi connectivity index (χ4n) is 2.82. The Hall–Kier alpha value is -2.73. The minimum absolute atomic E-state index is 0.247. The van der Waals surface area contributed by atoms with Gasteiger partial charge in [-0.15, -0.1) is 0 Å². The van der Waals surface area contributed by atoms with Gasteiger partial charge in [-0.3, -0.25) is 14.3 Å². The topological polar surface area (TPSA) is 56.0 Å². The summed E-state index contributed by atoms with van der Waals surface area (Å²) in [7, 11) is 1.80. The minimum atomic E-state index is -0.285. The van der Waals surface area contributed by atoms with Crippen molar-refractivity contribution >= 4 is 23.4 Å². The number of hydrogen-bond acceptors (Lipinski definition) is 3. The van der Waals surface area contributed by atoms with Crippen LogP contribution in [0.2, 0.25) is 0 Å². The lowest BCUT2D eigenvalue weighted by molar-refractivity contribution is 0.102. The van der Waals surface area contributed by atoms with Gasteiger partial charge in [0.05, 0.1) is 11.4 Å². The highest BCUT2D eigenvalue weighted by molar-refractivity contribution is 7.97. The summed E-state index contributed by atoms with van der Waals surface area (Å²) in [6.45, 7) is 1.82. The van der Waals surface area contributed by atoms with Crippen LogP contribution in [0.25, 0.3) is 5.69 Å². The number of anilines is 1. The average Bonchev–Trinajstić information content (AvgIpc) is 2.86. The molecule has 1 N–H and O–H groups in total. The molecule has 3 aromatic rings. The molecule has 0 aliphatic rings. The summed E-state index contributed by atoms with van der Waals surface area (Å²) in [6, 6.07) is 16.8. The first-order valence-electron chi connectivity index (χ1n) is 8.26. The number of carbonyl (C=O) groups is 1. The van der Waals surface area contributed by atoms with E-state index >= 15 is 0 Å². The molecule has 5 nitrogen and oxygen atoms in total. The summed E-state index contributed by atoms with van der Waals surface area (Å²) in [6.07, 6.45) is 2.04. The molecule has 134 valence electrons. The molecular weight excluding hydrogens is 346 g/mol. The van der Waals surface area contributed by atoms with Gasteiger partial charge in [-0.25, -0.2) is 4.68 Å². The van der Waals surface area contributed by atoms with Crippen LogP contribution in [0.15, 0.2) is 59.4 Å². The smallest absolute Gasteiger partial charge is 0.295 e. The lowest BCUT2D eigenvalue weighted by Crippen LogP contribution is -2.22. The molecule has 0 unspecified atom stereocenters. The summed E-state index contributed by atoms with van der Waals surface area (Å²) in [5, 5.41) is 2.78. The number of nitrogens with one attached hydrogen (secondary N) is 1. The van der Waals surface area contributed by atoms with Crippen LogP contribution in [0.3, 0.4) is 0 Å². The molecule has 0 saturated carbocycles. The summed E-state index contributed by atoms with van der Waals surface area (Å²) >= 11 is 1.73. The largest absolute Gasteiger partial charge is 0.316 e. The molecule has 6 heteroatoms. The first-order chi connectivity index (χ1) is 12.5. The lowest BCUT2D eigenvalue weighted by Gasteiger charge is -2.07. The highest BCUT2D eigenvalue weighted by atomic mass is 32.2. The quantitative estimate of drug-likeness (QED) is 0.750. The number of nitrogens with zero attached hydrogens (tertiary/aromatic N) is 2. The van der Waals surface area contributed by atoms with Crippen LogP contribution < -0.4 is 10.9 Å². The zero-order valence-electron chi connectivity index (χ0n) is 15.0. The fraction of sp³-hybridized carbons (Fsp3) is 0.200. The van der Waals surface area contributed by atoms with Crippen molar-refractivity contribution in [1.29, 1.82) is 0 Å². The van der Waals surface area contributed by atoms with Gasteiger partial charge in [-0.2, -0.15) is 11.8 Å². The predicted octanol–water partition coefficient (Wildman–Crippen LogP) is 3.60. The second kappa shape index (κ2) is 7.66. The Balaban J connectivity index is 1.91. The molecule has 1 aromatic heterocycles. The summed E-state index contributed by atoms with van der Waals surface area (Å²) in [5.41, 5.74) is 3.20. The Kier molecular flexibility index (Phi) is 5.32. The molecule has 0 fully saturated rings. The Morgan fingerprint density at radius 3 is 2.35 bits per heavy atom. The molecule has 0 atom stereocenters. The van der Waals surface area contributed by atoms with Crippen molar-refractivity contribution in [3.63, 3.8) is 0 Å². The first kappa shape index (κ1) is 18.1. The maximum absolute atomic E-state index is 12.8. The van der Waals surface area contributed by atoms with Crippen LogP contribution in [0.5, 0.6) is 0 Å². The molecule has 0 saturated heterocycles. The van der Waals surface area contributed by atoms with E-state index in [-0.39, 0.29) is 11.5 Å². The average molecular weight is 367 g/mol. The Morgan fingerprint density at radius 2 is 1.73 bits per heavy atom. The summed E-state index contributed by atoms with van der Waals surface area (Å²) in [4.78, 5) is 25.4. The standard InChI is InChI=1S/C20H21N3O2S/c1-14-18(20(25)23(22(14)2)17-7-5-4-6-8-17)21-19(24)16-11-9-15(10-12-16)13-26-3/h4-12H,13H2,1-3H3,(H,21,24). The predicted molar refractivity (Wildman–Crippen MR) is 107 cm³/mol. The second-order valence-corrected chi connectivity index (χ2v) is 6.89. The monoisotopic (exact) mass is 367 g/mol. The molecule has 0 aliphatic heterocycles. The van der Waals surface area contributed by atoms with E-state index in [1.807, 2.05) is 55.6 Å². The van der Waals surface area contributed by atoms with Crippen molar-refractivity contribution in [2.45, 2.75) is 12.7 Å². The molecule has 1 heterocycles. The lowest BCUT2D eigenvalue weighted by atomic mass is 10.1. The van der Waals surface area contributed by atoms with Gasteiger partial charge >= 0.3 is 0 Å². The number of carbonyl (C=O) groups excluding carboxylic acids is 1. The molecule has 0 radical (unpaired) electrons. The number of hydrogen-bond donors (Lipinski definition) is 1. The SMILES string of the molecule is CSCc1ccc(C(=O)Nc2c(C)n(C)n(-c3ccccc3)c2=O)cc1. The van der Waals surface area contributed by atoms with Crippen molar-refractivity contribution in [2.24, 2.45) is 7.05 Å². The van der Waals surface area contributed by atoms with Gasteiger partial charge in [-0.05, 0) is 43.0 Å². The van der Waals surface area contributed by atoms with Gasteiger partial charge in [0.1, 0.15) is 5.69 Å². The zero-order chi connectivity index (χ0) is 18.7. The number of aromatic nitrogens is 2. The van der Waals surface area contributed by atoms with E-state index in [1.165, 1.54) is 0 Å². The third-order valence-electron chi connectivity index (χ3n) is 4.32. The number of benzene rings is 2. The normalized spacial score (nSPS) is 10.7. The van der Waals surface area contributed by atoms with Crippen molar-refractivity contribution in [2.75, 3.05) is 11.6 Å². The van der Waals surface area contributed by atoms with E-state index in [4.69, 9.17) is 0 Å². The Morgan fingerprint density at radius 1 is 1.08 bits per heavy atom. The van der Waals surface area contributed by atoms with E-state index < -0.39 is 0 Å². The third kappa shape index (κ3) is 3.46. The molecule has 1 amide bonds. The van der Waals surface area contributed by atoms with Crippen LogP contribution in [-0.2, 0) is 12.8 Å². The van der Waals surface area contributed by atoms with Gasteiger partial charge < -0.3 is 5.32 Å². The van der Waals surface area contributed by atoms with Crippen molar-refractivity contribution in [3.8, 4) is 5.69 Å². The van der Waals surface area contributed by atoms with Gasteiger partial charge in [0.2, 0.25) is 0 Å². The van der Waals surface area contributed by atoms with E-state index in [2.05, 4.69) is 5.32 Å². The molecule has 26 heavy (non-hydrogen) atoms. The minimum Gasteiger partial charge on any atom is -0.316 e. The Bertz CT molecular complexity index is 973. The van der Waals surface area contributed by atoms with Crippen LogP contribution in [0, 0.1) is 6.92 Å². The summed E-state index contributed by atoms with van der Waals surface area (Å²) < 4.78 is 3.29. The molecular formula is C20H21N3O2S. The Labute approximate surface area is 156 Å². The highest BCUT2D eigenvalue weighted by Gasteiger charge is 2.18. The number of amides is 1. The van der Waals surface area contributed by atoms with Crippen molar-refractivity contribution in [1.82, 2.24) is 9.36 Å². The molecule has 2 aromatic carbocycles. The third-order valence-corrected chi connectivity index (χ3v) is 4.94. The maximum Gasteiger partial charge on any atom is 0.295 e.